The van der Waals surface area contributed by atoms with E-state index < -0.39 is 0 Å². The molecule has 2 saturated heterocycles. The van der Waals surface area contributed by atoms with Crippen molar-refractivity contribution in [2.24, 2.45) is 22.7 Å². The van der Waals surface area contributed by atoms with E-state index in [1.54, 1.807) is 0 Å². The second-order valence-electron chi connectivity index (χ2n) is 9.59. The summed E-state index contributed by atoms with van der Waals surface area (Å²) in [4.78, 5) is 12.1. The molecule has 4 fully saturated rings. The first-order valence-electron chi connectivity index (χ1n) is 9.96. The van der Waals surface area contributed by atoms with Gasteiger partial charge in [-0.2, -0.15) is 0 Å². The maximum Gasteiger partial charge on any atom is 0.336 e. The van der Waals surface area contributed by atoms with Crippen molar-refractivity contribution in [2.45, 2.75) is 70.7 Å². The van der Waals surface area contributed by atoms with Crippen molar-refractivity contribution < 1.29 is 24.1 Å². The zero-order valence-electron chi connectivity index (χ0n) is 16.4. The maximum absolute atomic E-state index is 12.1. The number of epoxide rings is 2. The third kappa shape index (κ3) is 2.74. The summed E-state index contributed by atoms with van der Waals surface area (Å²) < 4.78 is 16.3. The highest BCUT2D eigenvalue weighted by Crippen LogP contribution is 2.66. The van der Waals surface area contributed by atoms with Crippen LogP contribution in [0.2, 0.25) is 0 Å². The Labute approximate surface area is 156 Å². The number of methoxy groups -OCH3 is 1. The SMILES string of the molecule is COC(=O)/C(=C/C[C@H]1[C@@]2(CC[C@H]3C(C)(C)[C@@H](O)CC[C@@]31C)CO2)C1CO1. The lowest BCUT2D eigenvalue weighted by molar-refractivity contribution is -0.153. The molecule has 1 unspecified atom stereocenters. The van der Waals surface area contributed by atoms with Crippen LogP contribution in [0.4, 0.5) is 0 Å². The van der Waals surface area contributed by atoms with Gasteiger partial charge >= 0.3 is 5.97 Å². The van der Waals surface area contributed by atoms with Gasteiger partial charge in [0.05, 0.1) is 37.6 Å². The number of ether oxygens (including phenoxy) is 3. The number of allylic oxidation sites excluding steroid dienone is 1. The Balaban J connectivity index is 1.63. The largest absolute Gasteiger partial charge is 0.466 e. The van der Waals surface area contributed by atoms with Crippen molar-refractivity contribution in [1.82, 2.24) is 0 Å². The molecule has 0 radical (unpaired) electrons. The van der Waals surface area contributed by atoms with Gasteiger partial charge < -0.3 is 19.3 Å². The Morgan fingerprint density at radius 2 is 1.96 bits per heavy atom. The normalized spacial score (nSPS) is 46.6. The molecule has 1 N–H and O–H groups in total. The molecule has 0 aromatic carbocycles. The first-order valence-corrected chi connectivity index (χ1v) is 9.96. The van der Waals surface area contributed by atoms with Gasteiger partial charge in [0.2, 0.25) is 0 Å². The molecule has 0 aromatic heterocycles. The molecule has 26 heavy (non-hydrogen) atoms. The minimum Gasteiger partial charge on any atom is -0.466 e. The van der Waals surface area contributed by atoms with Crippen LogP contribution < -0.4 is 0 Å². The molecule has 146 valence electrons. The maximum atomic E-state index is 12.1. The lowest BCUT2D eigenvalue weighted by Crippen LogP contribution is -2.58. The van der Waals surface area contributed by atoms with Gasteiger partial charge in [0.1, 0.15) is 6.10 Å². The molecular formula is C21H32O5. The van der Waals surface area contributed by atoms with Gasteiger partial charge in [-0.15, -0.1) is 0 Å². The molecule has 0 amide bonds. The highest BCUT2D eigenvalue weighted by molar-refractivity contribution is 5.90. The number of carbonyl (C=O) groups excluding carboxylic acids is 1. The summed E-state index contributed by atoms with van der Waals surface area (Å²) in [6.07, 6.45) is 6.52. The van der Waals surface area contributed by atoms with Crippen LogP contribution in [0.1, 0.15) is 52.9 Å². The monoisotopic (exact) mass is 364 g/mol. The molecule has 4 aliphatic rings. The Hall–Kier alpha value is -0.910. The van der Waals surface area contributed by atoms with Crippen LogP contribution in [0.5, 0.6) is 0 Å². The summed E-state index contributed by atoms with van der Waals surface area (Å²) in [5, 5.41) is 10.6. The highest BCUT2D eigenvalue weighted by Gasteiger charge is 2.66. The fraction of sp³-hybridized carbons (Fsp3) is 0.857. The standard InChI is InChI=1S/C21H32O5/c1-19(2)15-7-10-21(12-26-21)16(20(15,3)9-8-17(19)22)6-5-13(14-11-25-14)18(23)24-4/h5,14-17,22H,6-12H2,1-4H3/b13-5+/t14?,15-,16+,17-,20-,21+/m0/s1. The first kappa shape index (κ1) is 18.5. The summed E-state index contributed by atoms with van der Waals surface area (Å²) in [5.41, 5.74) is 0.644. The molecule has 2 aliphatic carbocycles. The third-order valence-electron chi connectivity index (χ3n) is 7.99. The van der Waals surface area contributed by atoms with Gasteiger partial charge in [0.15, 0.2) is 0 Å². The average molecular weight is 364 g/mol. The van der Waals surface area contributed by atoms with E-state index in [9.17, 15) is 9.90 Å². The Morgan fingerprint density at radius 1 is 1.27 bits per heavy atom. The molecule has 0 bridgehead atoms. The zero-order valence-corrected chi connectivity index (χ0v) is 16.4. The van der Waals surface area contributed by atoms with Crippen LogP contribution in [-0.4, -0.2) is 49.2 Å². The average Bonchev–Trinajstić information content (AvgIpc) is 3.50. The third-order valence-corrected chi connectivity index (χ3v) is 7.99. The number of hydrogen-bond acceptors (Lipinski definition) is 5. The lowest BCUT2D eigenvalue weighted by Gasteiger charge is -2.60. The summed E-state index contributed by atoms with van der Waals surface area (Å²) >= 11 is 0. The van der Waals surface area contributed by atoms with Crippen molar-refractivity contribution >= 4 is 5.97 Å². The Kier molecular flexibility index (Phi) is 4.29. The molecule has 5 heteroatoms. The van der Waals surface area contributed by atoms with E-state index in [-0.39, 0.29) is 34.6 Å². The predicted molar refractivity (Wildman–Crippen MR) is 96.5 cm³/mol. The topological polar surface area (TPSA) is 71.6 Å². The first-order chi connectivity index (χ1) is 12.2. The number of aliphatic hydroxyl groups excluding tert-OH is 1. The van der Waals surface area contributed by atoms with E-state index in [1.807, 2.05) is 6.08 Å². The smallest absolute Gasteiger partial charge is 0.336 e. The second-order valence-corrected chi connectivity index (χ2v) is 9.59. The van der Waals surface area contributed by atoms with E-state index in [0.29, 0.717) is 24.0 Å². The van der Waals surface area contributed by atoms with E-state index in [4.69, 9.17) is 14.2 Å². The zero-order chi connectivity index (χ0) is 18.7. The van der Waals surface area contributed by atoms with Gasteiger partial charge in [-0.3, -0.25) is 0 Å². The molecule has 2 aliphatic heterocycles. The van der Waals surface area contributed by atoms with Crippen LogP contribution in [-0.2, 0) is 19.0 Å². The molecule has 1 spiro atoms. The Morgan fingerprint density at radius 3 is 2.54 bits per heavy atom. The van der Waals surface area contributed by atoms with Crippen molar-refractivity contribution in [3.8, 4) is 0 Å². The fourth-order valence-corrected chi connectivity index (χ4v) is 6.22. The van der Waals surface area contributed by atoms with Crippen LogP contribution >= 0.6 is 0 Å². The van der Waals surface area contributed by atoms with Crippen molar-refractivity contribution in [3.05, 3.63) is 11.6 Å². The molecule has 0 aromatic rings. The molecule has 2 saturated carbocycles. The fourth-order valence-electron chi connectivity index (χ4n) is 6.22. The van der Waals surface area contributed by atoms with E-state index in [2.05, 4.69) is 20.8 Å². The summed E-state index contributed by atoms with van der Waals surface area (Å²) in [6, 6.07) is 0. The van der Waals surface area contributed by atoms with Crippen molar-refractivity contribution in [3.63, 3.8) is 0 Å². The molecule has 6 atom stereocenters. The summed E-state index contributed by atoms with van der Waals surface area (Å²) in [7, 11) is 1.42. The number of carbonyl (C=O) groups is 1. The lowest BCUT2D eigenvalue weighted by atomic mass is 9.45. The van der Waals surface area contributed by atoms with Gasteiger partial charge in [-0.1, -0.05) is 26.8 Å². The van der Waals surface area contributed by atoms with Crippen LogP contribution in [0.15, 0.2) is 11.6 Å². The highest BCUT2D eigenvalue weighted by atomic mass is 16.6. The minimum atomic E-state index is -0.282. The van der Waals surface area contributed by atoms with E-state index in [0.717, 1.165) is 38.7 Å². The molecule has 4 rings (SSSR count). The number of rotatable bonds is 4. The quantitative estimate of drug-likeness (QED) is 0.472. The van der Waals surface area contributed by atoms with Gasteiger partial charge in [0.25, 0.3) is 0 Å². The van der Waals surface area contributed by atoms with Gasteiger partial charge in [0, 0.05) is 0 Å². The number of esters is 1. The molecular weight excluding hydrogens is 332 g/mol. The van der Waals surface area contributed by atoms with Gasteiger partial charge in [-0.25, -0.2) is 4.79 Å². The number of fused-ring (bicyclic) bond motifs is 1. The van der Waals surface area contributed by atoms with Crippen LogP contribution in [0, 0.1) is 22.7 Å². The van der Waals surface area contributed by atoms with E-state index in [1.165, 1.54) is 7.11 Å². The predicted octanol–water partition coefficient (Wildman–Crippen LogP) is 2.86. The second kappa shape index (κ2) is 6.05. The number of aliphatic hydroxyl groups is 1. The summed E-state index contributed by atoms with van der Waals surface area (Å²) in [5.74, 6) is 0.542. The summed E-state index contributed by atoms with van der Waals surface area (Å²) in [6.45, 7) is 8.25. The number of hydrogen-bond donors (Lipinski definition) is 1. The minimum absolute atomic E-state index is 0.0360. The van der Waals surface area contributed by atoms with Crippen LogP contribution in [0.25, 0.3) is 0 Å². The van der Waals surface area contributed by atoms with Crippen molar-refractivity contribution in [2.75, 3.05) is 20.3 Å². The van der Waals surface area contributed by atoms with Crippen molar-refractivity contribution in [1.29, 1.82) is 0 Å². The Bertz CT molecular complexity index is 616. The van der Waals surface area contributed by atoms with Gasteiger partial charge in [-0.05, 0) is 54.8 Å². The molecule has 2 heterocycles. The van der Waals surface area contributed by atoms with Crippen LogP contribution in [0.3, 0.4) is 0 Å². The molecule has 5 nitrogen and oxygen atoms in total. The van der Waals surface area contributed by atoms with E-state index >= 15 is 0 Å².